The zero-order valence-corrected chi connectivity index (χ0v) is 22.4. The van der Waals surface area contributed by atoms with Gasteiger partial charge in [0, 0.05) is 30.2 Å². The van der Waals surface area contributed by atoms with Crippen LogP contribution in [-0.2, 0) is 0 Å². The van der Waals surface area contributed by atoms with Crippen LogP contribution in [0.15, 0.2) is 70.2 Å². The van der Waals surface area contributed by atoms with Gasteiger partial charge in [-0.15, -0.1) is 0 Å². The van der Waals surface area contributed by atoms with Crippen LogP contribution in [0.2, 0.25) is 0 Å². The van der Waals surface area contributed by atoms with Crippen molar-refractivity contribution in [3.63, 3.8) is 0 Å². The molecule has 208 valence electrons. The Labute approximate surface area is 230 Å². The Morgan fingerprint density at radius 1 is 1.05 bits per heavy atom. The molecule has 5 rings (SSSR count). The summed E-state index contributed by atoms with van der Waals surface area (Å²) >= 11 is 0. The number of rotatable bonds is 6. The van der Waals surface area contributed by atoms with Gasteiger partial charge in [0.1, 0.15) is 22.7 Å². The van der Waals surface area contributed by atoms with Gasteiger partial charge in [-0.25, -0.2) is 4.39 Å². The number of nitrogens with zero attached hydrogens (tertiary/aromatic N) is 1. The Hall–Kier alpha value is -4.70. The second-order valence-electron chi connectivity index (χ2n) is 9.47. The monoisotopic (exact) mass is 546 g/mol. The van der Waals surface area contributed by atoms with E-state index in [0.29, 0.717) is 46.3 Å². The van der Waals surface area contributed by atoms with E-state index >= 15 is 0 Å². The molecule has 2 amide bonds. The van der Waals surface area contributed by atoms with E-state index in [-0.39, 0.29) is 30.1 Å². The highest BCUT2D eigenvalue weighted by Gasteiger charge is 2.48. The van der Waals surface area contributed by atoms with Crippen LogP contribution in [-0.4, -0.2) is 47.2 Å². The number of fused-ring (bicyclic) bond motifs is 1. The molecule has 1 saturated carbocycles. The maximum absolute atomic E-state index is 13.5. The number of nitrogens with two attached hydrogens (primary N) is 1. The number of hydrogen-bond acceptors (Lipinski definition) is 6. The molecule has 1 fully saturated rings. The molecule has 3 aromatic carbocycles. The third-order valence-electron chi connectivity index (χ3n) is 6.76. The standard InChI is InChI=1S/C28H25FN4O4.C2H6O/c1-15-3-4-18(25(34)32-28(11-12-28)27(30)33-36)14-20(15)17-7-10-22-21(13-17)23(26(35)31-2)24(37-22)16-5-8-19(29)9-6-16;1-2-3/h3-10,13-14,36H,11-12H2,1-2H3,(H2,30,33)(H,31,35)(H,32,34);3H,2H2,1H3. The van der Waals surface area contributed by atoms with Gasteiger partial charge in [-0.1, -0.05) is 17.3 Å². The number of halogens is 1. The average molecular weight is 547 g/mol. The molecule has 10 heteroatoms. The molecule has 0 saturated heterocycles. The van der Waals surface area contributed by atoms with Gasteiger partial charge < -0.3 is 31.1 Å². The fraction of sp³-hybridized carbons (Fsp3) is 0.233. The number of aryl methyl sites for hydroxylation is 1. The summed E-state index contributed by atoms with van der Waals surface area (Å²) in [5.41, 5.74) is 9.30. The number of oxime groups is 1. The summed E-state index contributed by atoms with van der Waals surface area (Å²) < 4.78 is 19.5. The Bertz CT molecular complexity index is 1590. The van der Waals surface area contributed by atoms with Gasteiger partial charge in [0.05, 0.1) is 5.56 Å². The highest BCUT2D eigenvalue weighted by atomic mass is 19.1. The van der Waals surface area contributed by atoms with E-state index in [1.807, 2.05) is 25.1 Å². The van der Waals surface area contributed by atoms with Gasteiger partial charge in [0.15, 0.2) is 5.84 Å². The molecular formula is C30H31FN4O5. The van der Waals surface area contributed by atoms with E-state index in [1.54, 1.807) is 37.3 Å². The molecule has 0 bridgehead atoms. The van der Waals surface area contributed by atoms with E-state index in [2.05, 4.69) is 15.8 Å². The first-order valence-electron chi connectivity index (χ1n) is 12.7. The van der Waals surface area contributed by atoms with Gasteiger partial charge in [0.25, 0.3) is 11.8 Å². The number of amides is 2. The van der Waals surface area contributed by atoms with Crippen molar-refractivity contribution in [2.45, 2.75) is 32.2 Å². The molecule has 40 heavy (non-hydrogen) atoms. The zero-order chi connectivity index (χ0) is 29.0. The highest BCUT2D eigenvalue weighted by Crippen LogP contribution is 2.38. The molecular weight excluding hydrogens is 515 g/mol. The molecule has 0 spiro atoms. The van der Waals surface area contributed by atoms with Gasteiger partial charge in [-0.3, -0.25) is 9.59 Å². The Kier molecular flexibility index (Phi) is 8.20. The van der Waals surface area contributed by atoms with Gasteiger partial charge in [-0.05, 0) is 91.9 Å². The first kappa shape index (κ1) is 28.3. The lowest BCUT2D eigenvalue weighted by Gasteiger charge is -2.16. The van der Waals surface area contributed by atoms with Crippen molar-refractivity contribution in [2.75, 3.05) is 13.7 Å². The number of amidine groups is 1. The maximum Gasteiger partial charge on any atom is 0.255 e. The van der Waals surface area contributed by atoms with Crippen molar-refractivity contribution in [3.8, 4) is 22.5 Å². The number of hydrogen-bond donors (Lipinski definition) is 5. The first-order chi connectivity index (χ1) is 19.2. The van der Waals surface area contributed by atoms with Crippen molar-refractivity contribution in [2.24, 2.45) is 10.9 Å². The summed E-state index contributed by atoms with van der Waals surface area (Å²) in [6, 6.07) is 16.6. The molecule has 9 nitrogen and oxygen atoms in total. The fourth-order valence-electron chi connectivity index (χ4n) is 4.45. The number of carbonyl (C=O) groups excluding carboxylic acids is 2. The molecule has 1 aliphatic carbocycles. The third kappa shape index (κ3) is 5.52. The lowest BCUT2D eigenvalue weighted by atomic mass is 9.95. The SMILES string of the molecule is CCO.CNC(=O)c1c(-c2ccc(F)cc2)oc2ccc(-c3cc(C(=O)NC4(C(N)=NO)CC4)ccc3C)cc12. The van der Waals surface area contributed by atoms with Crippen LogP contribution in [0.3, 0.4) is 0 Å². The minimum Gasteiger partial charge on any atom is -0.455 e. The first-order valence-corrected chi connectivity index (χ1v) is 12.7. The summed E-state index contributed by atoms with van der Waals surface area (Å²) in [4.78, 5) is 25.9. The van der Waals surface area contributed by atoms with E-state index in [1.165, 1.54) is 19.2 Å². The predicted octanol–water partition coefficient (Wildman–Crippen LogP) is 4.58. The molecule has 0 unspecified atom stereocenters. The quantitative estimate of drug-likeness (QED) is 0.103. The molecule has 0 radical (unpaired) electrons. The average Bonchev–Trinajstić information content (AvgIpc) is 3.64. The largest absolute Gasteiger partial charge is 0.455 e. The van der Waals surface area contributed by atoms with E-state index in [9.17, 15) is 14.0 Å². The van der Waals surface area contributed by atoms with E-state index in [4.69, 9.17) is 20.5 Å². The Balaban J connectivity index is 0.00000118. The maximum atomic E-state index is 13.5. The van der Waals surface area contributed by atoms with Crippen molar-refractivity contribution < 1.29 is 28.7 Å². The van der Waals surface area contributed by atoms with Gasteiger partial charge >= 0.3 is 0 Å². The topological polar surface area (TPSA) is 150 Å². The summed E-state index contributed by atoms with van der Waals surface area (Å²) in [7, 11) is 1.53. The predicted molar refractivity (Wildman–Crippen MR) is 151 cm³/mol. The van der Waals surface area contributed by atoms with Gasteiger partial charge in [-0.2, -0.15) is 0 Å². The molecule has 1 aromatic heterocycles. The normalized spacial score (nSPS) is 13.8. The summed E-state index contributed by atoms with van der Waals surface area (Å²) in [5.74, 6) is -0.731. The van der Waals surface area contributed by atoms with Crippen LogP contribution >= 0.6 is 0 Å². The van der Waals surface area contributed by atoms with Crippen molar-refractivity contribution in [3.05, 3.63) is 83.2 Å². The lowest BCUT2D eigenvalue weighted by Crippen LogP contribution is -2.46. The second-order valence-corrected chi connectivity index (χ2v) is 9.47. The molecule has 6 N–H and O–H groups in total. The minimum atomic E-state index is -0.814. The van der Waals surface area contributed by atoms with Crippen LogP contribution in [0.1, 0.15) is 46.0 Å². The molecule has 1 heterocycles. The number of nitrogens with one attached hydrogen (secondary N) is 2. The zero-order valence-electron chi connectivity index (χ0n) is 22.4. The van der Waals surface area contributed by atoms with Crippen LogP contribution in [0.5, 0.6) is 0 Å². The highest BCUT2D eigenvalue weighted by molar-refractivity contribution is 6.12. The number of furan rings is 1. The number of carbonyl (C=O) groups is 2. The van der Waals surface area contributed by atoms with Gasteiger partial charge in [0.2, 0.25) is 0 Å². The molecule has 0 atom stereocenters. The Morgan fingerprint density at radius 3 is 2.30 bits per heavy atom. The molecule has 1 aliphatic rings. The summed E-state index contributed by atoms with van der Waals surface area (Å²) in [6.07, 6.45) is 1.20. The summed E-state index contributed by atoms with van der Waals surface area (Å²) in [6.45, 7) is 3.86. The van der Waals surface area contributed by atoms with Crippen molar-refractivity contribution >= 4 is 28.6 Å². The van der Waals surface area contributed by atoms with E-state index in [0.717, 1.165) is 16.7 Å². The smallest absolute Gasteiger partial charge is 0.255 e. The van der Waals surface area contributed by atoms with Crippen molar-refractivity contribution in [1.82, 2.24) is 10.6 Å². The lowest BCUT2D eigenvalue weighted by molar-refractivity contribution is 0.0940. The molecule has 0 aliphatic heterocycles. The van der Waals surface area contributed by atoms with E-state index < -0.39 is 5.54 Å². The second kappa shape index (κ2) is 11.6. The minimum absolute atomic E-state index is 0.0164. The fourth-order valence-corrected chi connectivity index (χ4v) is 4.45. The number of aliphatic hydroxyl groups is 1. The van der Waals surface area contributed by atoms with Crippen LogP contribution in [0.25, 0.3) is 33.4 Å². The number of benzene rings is 3. The Morgan fingerprint density at radius 2 is 1.70 bits per heavy atom. The molecule has 4 aromatic rings. The van der Waals surface area contributed by atoms with Crippen LogP contribution in [0.4, 0.5) is 4.39 Å². The summed E-state index contributed by atoms with van der Waals surface area (Å²) in [5, 5.41) is 25.8. The third-order valence-corrected chi connectivity index (χ3v) is 6.76. The number of aliphatic hydroxyl groups excluding tert-OH is 1. The van der Waals surface area contributed by atoms with Crippen LogP contribution < -0.4 is 16.4 Å². The van der Waals surface area contributed by atoms with Crippen molar-refractivity contribution in [1.29, 1.82) is 0 Å². The van der Waals surface area contributed by atoms with Crippen LogP contribution in [0, 0.1) is 12.7 Å².